The van der Waals surface area contributed by atoms with Crippen LogP contribution in [0.3, 0.4) is 0 Å². The topological polar surface area (TPSA) is 70.8 Å². The minimum absolute atomic E-state index is 0.209. The fourth-order valence-corrected chi connectivity index (χ4v) is 3.88. The number of nitrogens with zero attached hydrogens (tertiary/aromatic N) is 1. The highest BCUT2D eigenvalue weighted by molar-refractivity contribution is 8.26. The summed E-state index contributed by atoms with van der Waals surface area (Å²) in [4.78, 5) is 25.3. The lowest BCUT2D eigenvalue weighted by atomic mass is 10.2. The first-order valence-corrected chi connectivity index (χ1v) is 8.99. The minimum atomic E-state index is -1.10. The van der Waals surface area contributed by atoms with E-state index in [9.17, 15) is 19.1 Å². The Balaban J connectivity index is 1.85. The van der Waals surface area contributed by atoms with Gasteiger partial charge in [-0.15, -0.1) is 0 Å². The zero-order valence-corrected chi connectivity index (χ0v) is 15.3. The maximum Gasteiger partial charge on any atom is 0.326 e. The number of halogens is 1. The second kappa shape index (κ2) is 7.43. The molecule has 2 aromatic rings. The molecule has 1 aromatic heterocycles. The van der Waals surface area contributed by atoms with E-state index in [0.29, 0.717) is 22.0 Å². The van der Waals surface area contributed by atoms with Crippen LogP contribution in [0.1, 0.15) is 19.1 Å². The summed E-state index contributed by atoms with van der Waals surface area (Å²) < 4.78 is 18.9. The molecule has 2 heterocycles. The highest BCUT2D eigenvalue weighted by Gasteiger charge is 2.39. The zero-order chi connectivity index (χ0) is 18.8. The van der Waals surface area contributed by atoms with E-state index < -0.39 is 17.9 Å². The van der Waals surface area contributed by atoms with Crippen LogP contribution < -0.4 is 0 Å². The molecule has 1 aromatic carbocycles. The fraction of sp³-hybridized carbons (Fsp3) is 0.167. The van der Waals surface area contributed by atoms with E-state index in [2.05, 4.69) is 0 Å². The number of thioether (sulfide) groups is 1. The molecular weight excluding hydrogens is 377 g/mol. The summed E-state index contributed by atoms with van der Waals surface area (Å²) >= 11 is 6.21. The van der Waals surface area contributed by atoms with Gasteiger partial charge < -0.3 is 9.52 Å². The Morgan fingerprint density at radius 3 is 2.65 bits per heavy atom. The summed E-state index contributed by atoms with van der Waals surface area (Å²) in [6, 6.07) is 8.26. The van der Waals surface area contributed by atoms with Crippen LogP contribution >= 0.6 is 24.0 Å². The quantitative estimate of drug-likeness (QED) is 0.610. The number of hydrogen-bond donors (Lipinski definition) is 1. The number of carbonyl (C=O) groups excluding carboxylic acids is 1. The molecule has 1 aliphatic heterocycles. The van der Waals surface area contributed by atoms with Gasteiger partial charge in [0.15, 0.2) is 0 Å². The van der Waals surface area contributed by atoms with Crippen molar-refractivity contribution >= 4 is 46.3 Å². The van der Waals surface area contributed by atoms with Gasteiger partial charge in [-0.25, -0.2) is 9.18 Å². The lowest BCUT2D eigenvalue weighted by molar-refractivity contribution is -0.145. The molecule has 0 spiro atoms. The summed E-state index contributed by atoms with van der Waals surface area (Å²) in [6.45, 7) is 1.68. The van der Waals surface area contributed by atoms with Crippen LogP contribution in [0.25, 0.3) is 17.4 Å². The standard InChI is InChI=1S/C18H14FNO4S2/c1-2-13(17(22)23)20-16(21)15(26-18(20)25)9-12-7-8-14(24-12)10-3-5-11(19)6-4-10/h3-9,13H,2H2,1H3,(H,22,23)/b15-9+/t13-/m1/s1. The van der Waals surface area contributed by atoms with Crippen molar-refractivity contribution in [2.45, 2.75) is 19.4 Å². The minimum Gasteiger partial charge on any atom is -0.480 e. The van der Waals surface area contributed by atoms with Gasteiger partial charge in [-0.1, -0.05) is 30.9 Å². The molecule has 1 saturated heterocycles. The molecule has 26 heavy (non-hydrogen) atoms. The third-order valence-corrected chi connectivity index (χ3v) is 5.17. The van der Waals surface area contributed by atoms with Crippen LogP contribution in [-0.2, 0) is 9.59 Å². The van der Waals surface area contributed by atoms with Gasteiger partial charge in [-0.3, -0.25) is 9.69 Å². The summed E-state index contributed by atoms with van der Waals surface area (Å²) in [6.07, 6.45) is 1.78. The molecule has 0 aliphatic carbocycles. The molecule has 0 bridgehead atoms. The van der Waals surface area contributed by atoms with Gasteiger partial charge in [-0.2, -0.15) is 0 Å². The zero-order valence-electron chi connectivity index (χ0n) is 13.6. The average Bonchev–Trinajstić information content (AvgIpc) is 3.16. The van der Waals surface area contributed by atoms with Crippen molar-refractivity contribution in [3.8, 4) is 11.3 Å². The van der Waals surface area contributed by atoms with E-state index in [4.69, 9.17) is 16.6 Å². The highest BCUT2D eigenvalue weighted by atomic mass is 32.2. The van der Waals surface area contributed by atoms with Crippen molar-refractivity contribution in [3.05, 3.63) is 52.9 Å². The molecule has 8 heteroatoms. The van der Waals surface area contributed by atoms with Gasteiger partial charge in [0.2, 0.25) is 0 Å². The van der Waals surface area contributed by atoms with E-state index in [0.717, 1.165) is 16.7 Å². The Morgan fingerprint density at radius 2 is 2.04 bits per heavy atom. The fourth-order valence-electron chi connectivity index (χ4n) is 2.55. The summed E-state index contributed by atoms with van der Waals surface area (Å²) in [5, 5.41) is 9.27. The van der Waals surface area contributed by atoms with E-state index >= 15 is 0 Å². The van der Waals surface area contributed by atoms with E-state index in [1.807, 2.05) is 0 Å². The molecule has 1 fully saturated rings. The molecule has 0 saturated carbocycles. The Kier molecular flexibility index (Phi) is 5.24. The lowest BCUT2D eigenvalue weighted by Gasteiger charge is -2.21. The number of carboxylic acid groups (broad SMARTS) is 1. The van der Waals surface area contributed by atoms with Crippen LogP contribution in [0.5, 0.6) is 0 Å². The number of thiocarbonyl (C=S) groups is 1. The van der Waals surface area contributed by atoms with Crippen molar-refractivity contribution in [2.75, 3.05) is 0 Å². The molecule has 1 amide bonds. The summed E-state index contributed by atoms with van der Waals surface area (Å²) in [5.41, 5.74) is 0.704. The number of aliphatic carboxylic acids is 1. The number of benzene rings is 1. The Hall–Kier alpha value is -2.45. The van der Waals surface area contributed by atoms with Crippen molar-refractivity contribution < 1.29 is 23.5 Å². The Bertz CT molecular complexity index is 904. The molecule has 1 aliphatic rings. The predicted molar refractivity (Wildman–Crippen MR) is 101 cm³/mol. The lowest BCUT2D eigenvalue weighted by Crippen LogP contribution is -2.43. The van der Waals surface area contributed by atoms with E-state index in [-0.39, 0.29) is 16.6 Å². The van der Waals surface area contributed by atoms with Gasteiger partial charge in [-0.05, 0) is 42.8 Å². The first kappa shape index (κ1) is 18.3. The Morgan fingerprint density at radius 1 is 1.35 bits per heavy atom. The van der Waals surface area contributed by atoms with Gasteiger partial charge in [0.25, 0.3) is 5.91 Å². The number of hydrogen-bond acceptors (Lipinski definition) is 5. The summed E-state index contributed by atoms with van der Waals surface area (Å²) in [7, 11) is 0. The molecule has 0 unspecified atom stereocenters. The first-order valence-electron chi connectivity index (χ1n) is 7.76. The van der Waals surface area contributed by atoms with Crippen LogP contribution in [0.15, 0.2) is 45.7 Å². The Labute approximate surface area is 158 Å². The van der Waals surface area contributed by atoms with Gasteiger partial charge in [0, 0.05) is 11.6 Å². The van der Waals surface area contributed by atoms with E-state index in [1.165, 1.54) is 18.2 Å². The van der Waals surface area contributed by atoms with Crippen LogP contribution in [0.2, 0.25) is 0 Å². The molecular formula is C18H14FNO4S2. The number of carbonyl (C=O) groups is 2. The highest BCUT2D eigenvalue weighted by Crippen LogP contribution is 2.35. The van der Waals surface area contributed by atoms with Crippen molar-refractivity contribution in [3.63, 3.8) is 0 Å². The van der Waals surface area contributed by atoms with Crippen LogP contribution in [0.4, 0.5) is 4.39 Å². The number of rotatable bonds is 5. The maximum absolute atomic E-state index is 13.0. The van der Waals surface area contributed by atoms with Gasteiger partial charge in [0.1, 0.15) is 27.7 Å². The molecule has 3 rings (SSSR count). The molecule has 0 radical (unpaired) electrons. The molecule has 5 nitrogen and oxygen atoms in total. The third kappa shape index (κ3) is 3.56. The van der Waals surface area contributed by atoms with Gasteiger partial charge >= 0.3 is 5.97 Å². The van der Waals surface area contributed by atoms with Crippen LogP contribution in [-0.4, -0.2) is 32.2 Å². The second-order valence-corrected chi connectivity index (χ2v) is 7.20. The second-order valence-electron chi connectivity index (χ2n) is 5.52. The maximum atomic E-state index is 13.0. The van der Waals surface area contributed by atoms with E-state index in [1.54, 1.807) is 31.2 Å². The summed E-state index contributed by atoms with van der Waals surface area (Å²) in [5.74, 6) is -0.930. The number of amides is 1. The predicted octanol–water partition coefficient (Wildman–Crippen LogP) is 4.15. The van der Waals surface area contributed by atoms with Gasteiger partial charge in [0.05, 0.1) is 4.91 Å². The monoisotopic (exact) mass is 391 g/mol. The number of carboxylic acids is 1. The molecule has 134 valence electrons. The van der Waals surface area contributed by atoms with Crippen molar-refractivity contribution in [2.24, 2.45) is 0 Å². The van der Waals surface area contributed by atoms with Crippen LogP contribution in [0, 0.1) is 5.82 Å². The smallest absolute Gasteiger partial charge is 0.326 e. The normalized spacial score (nSPS) is 17.2. The molecule has 1 N–H and O–H groups in total. The number of furan rings is 1. The largest absolute Gasteiger partial charge is 0.480 e. The SMILES string of the molecule is CC[C@H](C(=O)O)N1C(=O)/C(=C\c2ccc(-c3ccc(F)cc3)o2)SC1=S. The third-order valence-electron chi connectivity index (χ3n) is 3.84. The molecule has 1 atom stereocenters. The van der Waals surface area contributed by atoms with Crippen molar-refractivity contribution in [1.82, 2.24) is 4.90 Å². The average molecular weight is 391 g/mol. The van der Waals surface area contributed by atoms with Crippen molar-refractivity contribution in [1.29, 1.82) is 0 Å². The first-order chi connectivity index (χ1) is 12.4.